The predicted molar refractivity (Wildman–Crippen MR) is 178 cm³/mol. The van der Waals surface area contributed by atoms with Crippen molar-refractivity contribution in [2.75, 3.05) is 104 Å². The number of ether oxygens (including phenoxy) is 6. The maximum atomic E-state index is 12.2. The molecule has 0 bridgehead atoms. The van der Waals surface area contributed by atoms with Crippen molar-refractivity contribution in [2.45, 2.75) is 25.8 Å². The number of unbranched alkanes of at least 4 members (excludes halogenated alkanes) is 1. The van der Waals surface area contributed by atoms with Crippen LogP contribution in [-0.2, 0) is 39.8 Å². The van der Waals surface area contributed by atoms with Crippen molar-refractivity contribution in [3.8, 4) is 11.3 Å². The van der Waals surface area contributed by atoms with Crippen molar-refractivity contribution in [2.24, 2.45) is 5.73 Å². The van der Waals surface area contributed by atoms with Crippen LogP contribution in [-0.4, -0.2) is 123 Å². The Hall–Kier alpha value is -3.97. The van der Waals surface area contributed by atoms with Crippen molar-refractivity contribution in [1.82, 2.24) is 30.0 Å². The Morgan fingerprint density at radius 3 is 2.08 bits per heavy atom. The van der Waals surface area contributed by atoms with E-state index in [2.05, 4.69) is 20.3 Å². The van der Waals surface area contributed by atoms with Crippen LogP contribution >= 0.6 is 0 Å². The number of oxazole rings is 1. The van der Waals surface area contributed by atoms with E-state index < -0.39 is 0 Å². The van der Waals surface area contributed by atoms with Gasteiger partial charge in [0, 0.05) is 31.6 Å². The average Bonchev–Trinajstić information content (AvgIpc) is 3.65. The van der Waals surface area contributed by atoms with Gasteiger partial charge in [-0.15, -0.1) is 0 Å². The first-order chi connectivity index (χ1) is 23.6. The van der Waals surface area contributed by atoms with Gasteiger partial charge < -0.3 is 55.4 Å². The number of nitrogen functional groups attached to an aromatic ring is 2. The lowest BCUT2D eigenvalue weighted by Crippen LogP contribution is -2.26. The highest BCUT2D eigenvalue weighted by atomic mass is 16.6. The summed E-state index contributed by atoms with van der Waals surface area (Å²) in [6.07, 6.45) is 3.23. The van der Waals surface area contributed by atoms with Crippen LogP contribution in [0.5, 0.6) is 0 Å². The standard InChI is InChI=1S/C31H47N9O8/c32-6-10-43-12-14-45-16-18-47-20-19-46-17-15-44-13-11-42-9-5-26(41)35-7-1-2-8-40-30-27(29(33)36-22-37-30)28(39-40)23-3-4-25-24(21-23)38-31(34)48-25/h3-4,21-22H,1-2,5-20,32H2,(H2,34,38)(H,35,41)(H2,33,36,37). The van der Waals surface area contributed by atoms with Crippen molar-refractivity contribution in [1.29, 1.82) is 0 Å². The minimum absolute atomic E-state index is 0.0640. The minimum Gasteiger partial charge on any atom is -0.424 e. The maximum absolute atomic E-state index is 12.2. The quantitative estimate of drug-likeness (QED) is 0.0685. The third-order valence-corrected chi connectivity index (χ3v) is 6.95. The molecule has 7 N–H and O–H groups in total. The monoisotopic (exact) mass is 673 g/mol. The molecule has 0 radical (unpaired) electrons. The van der Waals surface area contributed by atoms with E-state index in [0.29, 0.717) is 133 Å². The van der Waals surface area contributed by atoms with Gasteiger partial charge in [0.2, 0.25) is 5.91 Å². The zero-order chi connectivity index (χ0) is 33.8. The summed E-state index contributed by atoms with van der Waals surface area (Å²) >= 11 is 0. The van der Waals surface area contributed by atoms with E-state index in [0.717, 1.165) is 18.4 Å². The smallest absolute Gasteiger partial charge is 0.292 e. The van der Waals surface area contributed by atoms with Crippen LogP contribution in [0.1, 0.15) is 19.3 Å². The third-order valence-electron chi connectivity index (χ3n) is 6.95. The molecule has 3 aromatic heterocycles. The molecule has 0 unspecified atom stereocenters. The molecule has 4 aromatic rings. The van der Waals surface area contributed by atoms with Gasteiger partial charge in [0.1, 0.15) is 23.4 Å². The van der Waals surface area contributed by atoms with Crippen molar-refractivity contribution >= 4 is 39.9 Å². The number of aromatic nitrogens is 5. The van der Waals surface area contributed by atoms with E-state index in [1.54, 1.807) is 6.07 Å². The molecule has 0 saturated heterocycles. The number of fused-ring (bicyclic) bond motifs is 2. The summed E-state index contributed by atoms with van der Waals surface area (Å²) in [5.41, 5.74) is 20.5. The molecular weight excluding hydrogens is 626 g/mol. The van der Waals surface area contributed by atoms with Crippen LogP contribution in [0.25, 0.3) is 33.4 Å². The molecule has 17 heteroatoms. The molecule has 0 aliphatic rings. The van der Waals surface area contributed by atoms with E-state index in [1.807, 2.05) is 16.8 Å². The first-order valence-corrected chi connectivity index (χ1v) is 16.1. The first-order valence-electron chi connectivity index (χ1n) is 16.1. The minimum atomic E-state index is -0.0640. The summed E-state index contributed by atoms with van der Waals surface area (Å²) in [7, 11) is 0. The fourth-order valence-electron chi connectivity index (χ4n) is 4.63. The maximum Gasteiger partial charge on any atom is 0.292 e. The predicted octanol–water partition coefficient (Wildman–Crippen LogP) is 1.14. The molecule has 0 fully saturated rings. The molecule has 3 heterocycles. The summed E-state index contributed by atoms with van der Waals surface area (Å²) in [6.45, 7) is 7.32. The topological polar surface area (TPSA) is 232 Å². The van der Waals surface area contributed by atoms with E-state index in [9.17, 15) is 4.79 Å². The summed E-state index contributed by atoms with van der Waals surface area (Å²) in [4.78, 5) is 25.0. The molecular formula is C31H47N9O8. The Bertz CT molecular complexity index is 1520. The SMILES string of the molecule is NCCOCCOCCOCCOCCOCCOCCC(=O)NCCCCn1nc(-c2ccc3oc(N)nc3c2)c2c(N)ncnc21. The van der Waals surface area contributed by atoms with Crippen molar-refractivity contribution in [3.05, 3.63) is 24.5 Å². The van der Waals surface area contributed by atoms with Gasteiger partial charge in [-0.05, 0) is 31.0 Å². The molecule has 264 valence electrons. The number of aryl methyl sites for hydroxylation is 1. The Balaban J connectivity index is 0.996. The molecule has 4 rings (SSSR count). The average molecular weight is 674 g/mol. The Labute approximate surface area is 278 Å². The van der Waals surface area contributed by atoms with Gasteiger partial charge in [-0.1, -0.05) is 0 Å². The van der Waals surface area contributed by atoms with Gasteiger partial charge in [0.15, 0.2) is 11.2 Å². The van der Waals surface area contributed by atoms with Gasteiger partial charge in [-0.2, -0.15) is 10.1 Å². The number of hydrogen-bond donors (Lipinski definition) is 4. The van der Waals surface area contributed by atoms with Crippen LogP contribution in [0.4, 0.5) is 11.8 Å². The number of benzene rings is 1. The number of anilines is 2. The molecule has 1 amide bonds. The fourth-order valence-corrected chi connectivity index (χ4v) is 4.63. The summed E-state index contributed by atoms with van der Waals surface area (Å²) in [6, 6.07) is 5.61. The van der Waals surface area contributed by atoms with E-state index in [4.69, 9.17) is 55.1 Å². The Morgan fingerprint density at radius 1 is 0.812 bits per heavy atom. The van der Waals surface area contributed by atoms with Crippen molar-refractivity contribution < 1.29 is 37.6 Å². The van der Waals surface area contributed by atoms with E-state index >= 15 is 0 Å². The lowest BCUT2D eigenvalue weighted by Gasteiger charge is -2.08. The number of nitrogens with zero attached hydrogens (tertiary/aromatic N) is 5. The molecule has 0 spiro atoms. The molecule has 48 heavy (non-hydrogen) atoms. The van der Waals surface area contributed by atoms with Crippen LogP contribution in [0.3, 0.4) is 0 Å². The van der Waals surface area contributed by atoms with Crippen molar-refractivity contribution in [3.63, 3.8) is 0 Å². The van der Waals surface area contributed by atoms with Gasteiger partial charge >= 0.3 is 0 Å². The number of amides is 1. The highest BCUT2D eigenvalue weighted by Crippen LogP contribution is 2.32. The number of carbonyl (C=O) groups excluding carboxylic acids is 1. The Kier molecular flexibility index (Phi) is 16.2. The fraction of sp³-hybridized carbons (Fsp3) is 0.581. The molecule has 0 aliphatic heterocycles. The molecule has 0 aliphatic carbocycles. The summed E-state index contributed by atoms with van der Waals surface area (Å²) in [5.74, 6) is 0.277. The molecule has 0 atom stereocenters. The zero-order valence-electron chi connectivity index (χ0n) is 27.3. The molecule has 1 aromatic carbocycles. The highest BCUT2D eigenvalue weighted by Gasteiger charge is 2.18. The van der Waals surface area contributed by atoms with Gasteiger partial charge in [-0.3, -0.25) is 4.79 Å². The second kappa shape index (κ2) is 21.1. The van der Waals surface area contributed by atoms with E-state index in [-0.39, 0.29) is 18.3 Å². The molecule has 17 nitrogen and oxygen atoms in total. The number of nitrogens with one attached hydrogen (secondary N) is 1. The second-order valence-electron chi connectivity index (χ2n) is 10.5. The lowest BCUT2D eigenvalue weighted by atomic mass is 10.1. The number of rotatable bonds is 26. The zero-order valence-corrected chi connectivity index (χ0v) is 27.3. The third kappa shape index (κ3) is 12.2. The van der Waals surface area contributed by atoms with Gasteiger partial charge in [-0.25, -0.2) is 14.6 Å². The summed E-state index contributed by atoms with van der Waals surface area (Å²) < 4.78 is 39.6. The van der Waals surface area contributed by atoms with E-state index in [1.165, 1.54) is 6.33 Å². The number of carbonyl (C=O) groups is 1. The first kappa shape index (κ1) is 36.9. The van der Waals surface area contributed by atoms with Gasteiger partial charge in [0.05, 0.1) is 84.7 Å². The highest BCUT2D eigenvalue weighted by molar-refractivity contribution is 5.99. The van der Waals surface area contributed by atoms with Crippen LogP contribution in [0.2, 0.25) is 0 Å². The van der Waals surface area contributed by atoms with Crippen LogP contribution in [0.15, 0.2) is 28.9 Å². The van der Waals surface area contributed by atoms with Crippen LogP contribution in [0, 0.1) is 0 Å². The largest absolute Gasteiger partial charge is 0.424 e. The number of hydrogen-bond acceptors (Lipinski definition) is 15. The summed E-state index contributed by atoms with van der Waals surface area (Å²) in [5, 5.41) is 8.39. The second-order valence-corrected chi connectivity index (χ2v) is 10.5. The van der Waals surface area contributed by atoms with Crippen LogP contribution < -0.4 is 22.5 Å². The number of nitrogens with two attached hydrogens (primary N) is 3. The lowest BCUT2D eigenvalue weighted by molar-refractivity contribution is -0.122. The Morgan fingerprint density at radius 2 is 1.44 bits per heavy atom. The molecule has 0 saturated carbocycles. The normalized spacial score (nSPS) is 11.6. The van der Waals surface area contributed by atoms with Gasteiger partial charge in [0.25, 0.3) is 6.01 Å².